The Labute approximate surface area is 85.8 Å². The van der Waals surface area contributed by atoms with Crippen molar-refractivity contribution < 1.29 is 4.79 Å². The summed E-state index contributed by atoms with van der Waals surface area (Å²) in [5.41, 5.74) is 5.21. The second kappa shape index (κ2) is 5.32. The van der Waals surface area contributed by atoms with Crippen molar-refractivity contribution in [2.45, 2.75) is 38.8 Å². The third kappa shape index (κ3) is 3.27. The maximum Gasteiger partial charge on any atom is 0.231 e. The van der Waals surface area contributed by atoms with E-state index in [4.69, 9.17) is 5.73 Å². The van der Waals surface area contributed by atoms with Gasteiger partial charge in [-0.3, -0.25) is 9.69 Å². The summed E-state index contributed by atoms with van der Waals surface area (Å²) in [6.45, 7) is 6.61. The van der Waals surface area contributed by atoms with Crippen LogP contribution in [0.3, 0.4) is 0 Å². The molecule has 1 aliphatic heterocycles. The van der Waals surface area contributed by atoms with E-state index in [0.717, 1.165) is 25.9 Å². The summed E-state index contributed by atoms with van der Waals surface area (Å²) < 4.78 is 0. The average molecular weight is 199 g/mol. The lowest BCUT2D eigenvalue weighted by Gasteiger charge is -2.35. The van der Waals surface area contributed by atoms with Crippen LogP contribution in [0.15, 0.2) is 0 Å². The van der Waals surface area contributed by atoms with Crippen molar-refractivity contribution in [3.63, 3.8) is 0 Å². The lowest BCUT2D eigenvalue weighted by Crippen LogP contribution is -2.49. The monoisotopic (exact) mass is 199 g/mol. The number of primary amides is 1. The molecule has 1 fully saturated rings. The van der Waals surface area contributed by atoms with E-state index in [0.29, 0.717) is 18.6 Å². The van der Waals surface area contributed by atoms with Crippen molar-refractivity contribution in [3.05, 3.63) is 0 Å². The van der Waals surface area contributed by atoms with Crippen molar-refractivity contribution in [3.8, 4) is 0 Å². The van der Waals surface area contributed by atoms with Gasteiger partial charge in [0, 0.05) is 12.1 Å². The van der Waals surface area contributed by atoms with Crippen molar-refractivity contribution in [2.24, 2.45) is 5.73 Å². The first-order valence-corrected chi connectivity index (χ1v) is 5.39. The summed E-state index contributed by atoms with van der Waals surface area (Å²) in [5, 5.41) is 3.40. The molecule has 1 heterocycles. The second-order valence-electron chi connectivity index (χ2n) is 4.06. The molecule has 0 spiro atoms. The summed E-state index contributed by atoms with van der Waals surface area (Å²) in [6, 6.07) is 1.07. The zero-order chi connectivity index (χ0) is 10.6. The minimum atomic E-state index is -0.224. The minimum absolute atomic E-state index is 0.224. The normalized spacial score (nSPS) is 27.9. The minimum Gasteiger partial charge on any atom is -0.369 e. The Kier molecular flexibility index (Phi) is 4.35. The summed E-state index contributed by atoms with van der Waals surface area (Å²) in [4.78, 5) is 13.0. The van der Waals surface area contributed by atoms with Crippen LogP contribution >= 0.6 is 0 Å². The second-order valence-corrected chi connectivity index (χ2v) is 4.06. The maximum absolute atomic E-state index is 10.9. The first-order valence-electron chi connectivity index (χ1n) is 5.39. The fourth-order valence-electron chi connectivity index (χ4n) is 2.14. The van der Waals surface area contributed by atoms with Gasteiger partial charge in [0.1, 0.15) is 0 Å². The number of carbonyl (C=O) groups is 1. The topological polar surface area (TPSA) is 58.4 Å². The standard InChI is InChI=1S/C10H21N3O/c1-3-13(7-10(11)14)9-4-5-12-8(2)6-9/h8-9,12H,3-7H2,1-2H3,(H2,11,14). The predicted molar refractivity (Wildman–Crippen MR) is 56.9 cm³/mol. The molecule has 82 valence electrons. The van der Waals surface area contributed by atoms with Gasteiger partial charge in [-0.25, -0.2) is 0 Å². The molecule has 4 heteroatoms. The van der Waals surface area contributed by atoms with Crippen molar-refractivity contribution in [1.82, 2.24) is 10.2 Å². The van der Waals surface area contributed by atoms with Gasteiger partial charge < -0.3 is 11.1 Å². The Balaban J connectivity index is 2.46. The predicted octanol–water partition coefficient (Wildman–Crippen LogP) is -0.0659. The van der Waals surface area contributed by atoms with E-state index in [1.54, 1.807) is 0 Å². The third-order valence-corrected chi connectivity index (χ3v) is 2.88. The fraction of sp³-hybridized carbons (Fsp3) is 0.900. The molecular weight excluding hydrogens is 178 g/mol. The van der Waals surface area contributed by atoms with Crippen LogP contribution in [-0.2, 0) is 4.79 Å². The first-order chi connectivity index (χ1) is 6.63. The molecule has 0 bridgehead atoms. The number of nitrogens with two attached hydrogens (primary N) is 1. The smallest absolute Gasteiger partial charge is 0.231 e. The largest absolute Gasteiger partial charge is 0.369 e. The van der Waals surface area contributed by atoms with E-state index >= 15 is 0 Å². The number of likely N-dealkylation sites (N-methyl/N-ethyl adjacent to an activating group) is 1. The van der Waals surface area contributed by atoms with Crippen LogP contribution in [-0.4, -0.2) is 42.5 Å². The van der Waals surface area contributed by atoms with Crippen molar-refractivity contribution in [2.75, 3.05) is 19.6 Å². The molecule has 1 rings (SSSR count). The third-order valence-electron chi connectivity index (χ3n) is 2.88. The summed E-state index contributed by atoms with van der Waals surface area (Å²) in [5.74, 6) is -0.224. The number of rotatable bonds is 4. The van der Waals surface area contributed by atoms with Crippen LogP contribution < -0.4 is 11.1 Å². The summed E-state index contributed by atoms with van der Waals surface area (Å²) in [6.07, 6.45) is 2.23. The van der Waals surface area contributed by atoms with Crippen molar-refractivity contribution >= 4 is 5.91 Å². The van der Waals surface area contributed by atoms with Crippen LogP contribution in [0.5, 0.6) is 0 Å². The highest BCUT2D eigenvalue weighted by molar-refractivity contribution is 5.75. The highest BCUT2D eigenvalue weighted by atomic mass is 16.1. The van der Waals surface area contributed by atoms with Gasteiger partial charge in [0.05, 0.1) is 6.54 Å². The van der Waals surface area contributed by atoms with Gasteiger partial charge in [0.25, 0.3) is 0 Å². The van der Waals surface area contributed by atoms with Gasteiger partial charge in [0.2, 0.25) is 5.91 Å². The number of hydrogen-bond donors (Lipinski definition) is 2. The quantitative estimate of drug-likeness (QED) is 0.666. The molecule has 0 saturated carbocycles. The lowest BCUT2D eigenvalue weighted by atomic mass is 9.99. The van der Waals surface area contributed by atoms with E-state index in [2.05, 4.69) is 24.1 Å². The maximum atomic E-state index is 10.9. The number of piperidine rings is 1. The molecule has 14 heavy (non-hydrogen) atoms. The Bertz CT molecular complexity index is 196. The van der Waals surface area contributed by atoms with Crippen LogP contribution in [0, 0.1) is 0 Å². The molecular formula is C10H21N3O. The number of nitrogens with one attached hydrogen (secondary N) is 1. The van der Waals surface area contributed by atoms with E-state index in [1.165, 1.54) is 0 Å². The number of hydrogen-bond acceptors (Lipinski definition) is 3. The van der Waals surface area contributed by atoms with Gasteiger partial charge in [-0.2, -0.15) is 0 Å². The molecule has 3 N–H and O–H groups in total. The van der Waals surface area contributed by atoms with Crippen LogP contribution in [0.2, 0.25) is 0 Å². The lowest BCUT2D eigenvalue weighted by molar-refractivity contribution is -0.119. The average Bonchev–Trinajstić information content (AvgIpc) is 2.14. The van der Waals surface area contributed by atoms with Crippen molar-refractivity contribution in [1.29, 1.82) is 0 Å². The molecule has 1 saturated heterocycles. The van der Waals surface area contributed by atoms with E-state index in [-0.39, 0.29) is 5.91 Å². The number of carbonyl (C=O) groups excluding carboxylic acids is 1. The molecule has 1 aliphatic rings. The van der Waals surface area contributed by atoms with Crippen LogP contribution in [0.25, 0.3) is 0 Å². The van der Waals surface area contributed by atoms with Gasteiger partial charge in [0.15, 0.2) is 0 Å². The van der Waals surface area contributed by atoms with Gasteiger partial charge >= 0.3 is 0 Å². The SMILES string of the molecule is CCN(CC(N)=O)C1CCNC(C)C1. The molecule has 2 atom stereocenters. The molecule has 0 aromatic heterocycles. The molecule has 1 amide bonds. The Morgan fingerprint density at radius 1 is 1.64 bits per heavy atom. The van der Waals surface area contributed by atoms with E-state index in [9.17, 15) is 4.79 Å². The van der Waals surface area contributed by atoms with Gasteiger partial charge in [-0.15, -0.1) is 0 Å². The van der Waals surface area contributed by atoms with Crippen LogP contribution in [0.4, 0.5) is 0 Å². The number of nitrogens with zero attached hydrogens (tertiary/aromatic N) is 1. The highest BCUT2D eigenvalue weighted by Gasteiger charge is 2.23. The summed E-state index contributed by atoms with van der Waals surface area (Å²) >= 11 is 0. The number of amides is 1. The van der Waals surface area contributed by atoms with Gasteiger partial charge in [-0.1, -0.05) is 6.92 Å². The zero-order valence-corrected chi connectivity index (χ0v) is 9.12. The molecule has 0 aromatic rings. The summed E-state index contributed by atoms with van der Waals surface area (Å²) in [7, 11) is 0. The Morgan fingerprint density at radius 2 is 2.36 bits per heavy atom. The van der Waals surface area contributed by atoms with Crippen LogP contribution in [0.1, 0.15) is 26.7 Å². The van der Waals surface area contributed by atoms with E-state index < -0.39 is 0 Å². The molecule has 0 radical (unpaired) electrons. The highest BCUT2D eigenvalue weighted by Crippen LogP contribution is 2.14. The molecule has 0 aromatic carbocycles. The molecule has 2 unspecified atom stereocenters. The Hall–Kier alpha value is -0.610. The molecule has 0 aliphatic carbocycles. The Morgan fingerprint density at radius 3 is 2.86 bits per heavy atom. The van der Waals surface area contributed by atoms with E-state index in [1.807, 2.05) is 0 Å². The molecule has 4 nitrogen and oxygen atoms in total. The zero-order valence-electron chi connectivity index (χ0n) is 9.12. The fourth-order valence-corrected chi connectivity index (χ4v) is 2.14. The van der Waals surface area contributed by atoms with Gasteiger partial charge in [-0.05, 0) is 32.9 Å². The first kappa shape index (κ1) is 11.5.